The smallest absolute Gasteiger partial charge is 0.153 e. The Morgan fingerprint density at radius 1 is 1.38 bits per heavy atom. The molecular weight excluding hydrogens is 209 g/mol. The van der Waals surface area contributed by atoms with Gasteiger partial charge in [-0.25, -0.2) is 9.98 Å². The second kappa shape index (κ2) is 3.16. The molecule has 1 aliphatic rings. The van der Waals surface area contributed by atoms with Gasteiger partial charge < -0.3 is 4.90 Å². The molecule has 0 saturated heterocycles. The van der Waals surface area contributed by atoms with Crippen molar-refractivity contribution in [2.45, 2.75) is 0 Å². The van der Waals surface area contributed by atoms with Crippen molar-refractivity contribution in [3.63, 3.8) is 0 Å². The van der Waals surface area contributed by atoms with E-state index < -0.39 is 0 Å². The van der Waals surface area contributed by atoms with Gasteiger partial charge in [-0.15, -0.1) is 0 Å². The molecule has 1 aliphatic heterocycles. The summed E-state index contributed by atoms with van der Waals surface area (Å²) in [6, 6.07) is 3.63. The summed E-state index contributed by atoms with van der Waals surface area (Å²) in [5.41, 5.74) is 1.62. The van der Waals surface area contributed by atoms with Gasteiger partial charge in [0.2, 0.25) is 0 Å². The average Bonchev–Trinajstić information content (AvgIpc) is 2.12. The summed E-state index contributed by atoms with van der Waals surface area (Å²) in [5.74, 6) is 0. The molecule has 0 aliphatic carbocycles. The Morgan fingerprint density at radius 3 is 2.92 bits per heavy atom. The number of hydrogen-bond donors (Lipinski definition) is 0. The lowest BCUT2D eigenvalue weighted by atomic mass is 10.2. The molecule has 0 spiro atoms. The summed E-state index contributed by atoms with van der Waals surface area (Å²) in [6.07, 6.45) is 0. The van der Waals surface area contributed by atoms with Crippen molar-refractivity contribution >= 4 is 34.1 Å². The van der Waals surface area contributed by atoms with E-state index in [9.17, 15) is 0 Å². The highest BCUT2D eigenvalue weighted by molar-refractivity contribution is 6.70. The maximum absolute atomic E-state index is 5.89. The van der Waals surface area contributed by atoms with Gasteiger partial charge in [0.15, 0.2) is 5.17 Å². The van der Waals surface area contributed by atoms with Crippen LogP contribution in [0.2, 0.25) is 5.15 Å². The summed E-state index contributed by atoms with van der Waals surface area (Å²) >= 11 is 11.6. The van der Waals surface area contributed by atoms with Crippen LogP contribution in [0.25, 0.3) is 0 Å². The van der Waals surface area contributed by atoms with Gasteiger partial charge >= 0.3 is 0 Å². The molecule has 0 amide bonds. The summed E-state index contributed by atoms with van der Waals surface area (Å²) in [7, 11) is 1.93. The van der Waals surface area contributed by atoms with Gasteiger partial charge in [0, 0.05) is 7.05 Å². The molecule has 0 N–H and O–H groups in total. The van der Waals surface area contributed by atoms with Gasteiger partial charge in [0.1, 0.15) is 17.5 Å². The molecule has 0 saturated carbocycles. The number of halogens is 2. The van der Waals surface area contributed by atoms with Crippen molar-refractivity contribution in [2.24, 2.45) is 4.99 Å². The molecule has 0 bridgehead atoms. The van der Waals surface area contributed by atoms with Crippen molar-refractivity contribution in [3.05, 3.63) is 23.0 Å². The Bertz CT molecular complexity index is 376. The maximum atomic E-state index is 5.89. The summed E-state index contributed by atoms with van der Waals surface area (Å²) in [6.45, 7) is 0.565. The molecule has 1 aromatic rings. The van der Waals surface area contributed by atoms with Crippen molar-refractivity contribution in [1.82, 2.24) is 4.98 Å². The highest BCUT2D eigenvalue weighted by atomic mass is 35.5. The van der Waals surface area contributed by atoms with E-state index in [2.05, 4.69) is 9.98 Å². The molecule has 0 aromatic carbocycles. The quantitative estimate of drug-likeness (QED) is 0.621. The highest BCUT2D eigenvalue weighted by Gasteiger charge is 2.17. The largest absolute Gasteiger partial charge is 0.353 e. The topological polar surface area (TPSA) is 28.5 Å². The Morgan fingerprint density at radius 2 is 2.15 bits per heavy atom. The molecule has 2 rings (SSSR count). The number of nitrogens with zero attached hydrogens (tertiary/aromatic N) is 3. The van der Waals surface area contributed by atoms with E-state index in [1.807, 2.05) is 18.0 Å². The van der Waals surface area contributed by atoms with E-state index in [1.165, 1.54) is 0 Å². The van der Waals surface area contributed by atoms with Gasteiger partial charge in [-0.2, -0.15) is 0 Å². The minimum Gasteiger partial charge on any atom is -0.353 e. The lowest BCUT2D eigenvalue weighted by Crippen LogP contribution is -2.24. The number of aromatic nitrogens is 1. The minimum absolute atomic E-state index is 0.426. The van der Waals surface area contributed by atoms with Gasteiger partial charge in [-0.1, -0.05) is 23.2 Å². The van der Waals surface area contributed by atoms with Crippen molar-refractivity contribution in [1.29, 1.82) is 0 Å². The van der Waals surface area contributed by atoms with Gasteiger partial charge in [0.25, 0.3) is 0 Å². The highest BCUT2D eigenvalue weighted by Crippen LogP contribution is 2.25. The molecule has 13 heavy (non-hydrogen) atoms. The third-order valence-corrected chi connectivity index (χ3v) is 2.38. The fraction of sp³-hybridized carbons (Fsp3) is 0.250. The van der Waals surface area contributed by atoms with Crippen molar-refractivity contribution < 1.29 is 0 Å². The van der Waals surface area contributed by atoms with Crippen molar-refractivity contribution in [3.8, 4) is 0 Å². The van der Waals surface area contributed by atoms with Crippen LogP contribution in [-0.2, 0) is 0 Å². The van der Waals surface area contributed by atoms with Crippen LogP contribution >= 0.6 is 23.2 Å². The zero-order chi connectivity index (χ0) is 9.42. The van der Waals surface area contributed by atoms with E-state index in [1.54, 1.807) is 6.07 Å². The minimum atomic E-state index is 0.426. The average molecular weight is 216 g/mol. The van der Waals surface area contributed by atoms with Crippen LogP contribution in [0, 0.1) is 0 Å². The van der Waals surface area contributed by atoms with Crippen LogP contribution in [0.15, 0.2) is 17.1 Å². The second-order valence-electron chi connectivity index (χ2n) is 2.79. The maximum Gasteiger partial charge on any atom is 0.153 e. The first kappa shape index (κ1) is 8.78. The zero-order valence-electron chi connectivity index (χ0n) is 6.96. The molecule has 5 heteroatoms. The molecule has 1 aromatic heterocycles. The first-order valence-electron chi connectivity index (χ1n) is 3.76. The standard InChI is InChI=1S/C8H7Cl2N3/c1-13-4-11-8(10)7-5(13)2-3-6(9)12-7/h2-3H,4H2,1H3. The van der Waals surface area contributed by atoms with Crippen LogP contribution in [-0.4, -0.2) is 23.9 Å². The molecule has 0 atom stereocenters. The van der Waals surface area contributed by atoms with Crippen molar-refractivity contribution in [2.75, 3.05) is 18.6 Å². The second-order valence-corrected chi connectivity index (χ2v) is 3.54. The SMILES string of the molecule is CN1CN=C(Cl)c2nc(Cl)ccc21. The third kappa shape index (κ3) is 1.49. The number of aliphatic imine (C=N–C) groups is 1. The molecular formula is C8H7Cl2N3. The zero-order valence-corrected chi connectivity index (χ0v) is 8.47. The predicted octanol–water partition coefficient (Wildman–Crippen LogP) is 2.13. The van der Waals surface area contributed by atoms with Crippen LogP contribution in [0.3, 0.4) is 0 Å². The Kier molecular flexibility index (Phi) is 2.14. The normalized spacial score (nSPS) is 15.3. The first-order valence-corrected chi connectivity index (χ1v) is 4.52. The van der Waals surface area contributed by atoms with Crippen LogP contribution in [0.4, 0.5) is 5.69 Å². The van der Waals surface area contributed by atoms with Crippen LogP contribution < -0.4 is 4.90 Å². The number of hydrogen-bond acceptors (Lipinski definition) is 3. The van der Waals surface area contributed by atoms with E-state index in [4.69, 9.17) is 23.2 Å². The number of anilines is 1. The first-order chi connectivity index (χ1) is 6.18. The molecule has 68 valence electrons. The van der Waals surface area contributed by atoms with Gasteiger partial charge in [0.05, 0.1) is 5.69 Å². The Balaban J connectivity index is 2.60. The van der Waals surface area contributed by atoms with E-state index in [-0.39, 0.29) is 0 Å². The third-order valence-electron chi connectivity index (χ3n) is 1.87. The van der Waals surface area contributed by atoms with E-state index in [0.717, 1.165) is 5.69 Å². The van der Waals surface area contributed by atoms with Crippen LogP contribution in [0.5, 0.6) is 0 Å². The van der Waals surface area contributed by atoms with Gasteiger partial charge in [-0.05, 0) is 12.1 Å². The number of fused-ring (bicyclic) bond motifs is 1. The number of pyridine rings is 1. The summed E-state index contributed by atoms with van der Waals surface area (Å²) < 4.78 is 0. The fourth-order valence-corrected chi connectivity index (χ4v) is 1.55. The van der Waals surface area contributed by atoms with E-state index in [0.29, 0.717) is 22.7 Å². The molecule has 3 nitrogen and oxygen atoms in total. The Labute approximate surface area is 86.0 Å². The number of rotatable bonds is 0. The van der Waals surface area contributed by atoms with Crippen LogP contribution in [0.1, 0.15) is 5.69 Å². The molecule has 0 unspecified atom stereocenters. The molecule has 0 fully saturated rings. The monoisotopic (exact) mass is 215 g/mol. The fourth-order valence-electron chi connectivity index (χ4n) is 1.21. The molecule has 0 radical (unpaired) electrons. The predicted molar refractivity (Wildman–Crippen MR) is 54.9 cm³/mol. The Hall–Kier alpha value is -0.800. The van der Waals surface area contributed by atoms with Gasteiger partial charge in [-0.3, -0.25) is 0 Å². The lowest BCUT2D eigenvalue weighted by Gasteiger charge is -2.23. The van der Waals surface area contributed by atoms with E-state index >= 15 is 0 Å². The molecule has 2 heterocycles. The lowest BCUT2D eigenvalue weighted by molar-refractivity contribution is 0.911. The summed E-state index contributed by atoms with van der Waals surface area (Å²) in [5, 5.41) is 0.859. The summed E-state index contributed by atoms with van der Waals surface area (Å²) in [4.78, 5) is 10.1.